The maximum Gasteiger partial charge on any atom is 0.261 e. The summed E-state index contributed by atoms with van der Waals surface area (Å²) in [5.41, 5.74) is 1.79. The van der Waals surface area contributed by atoms with Gasteiger partial charge in [-0.15, -0.1) is 0 Å². The summed E-state index contributed by atoms with van der Waals surface area (Å²) in [6.07, 6.45) is 0. The van der Waals surface area contributed by atoms with Crippen LogP contribution < -0.4 is 4.74 Å². The molecule has 0 saturated carbocycles. The largest absolute Gasteiger partial charge is 0.496 e. The molecular formula is C16H12BrNO3. The molecular weight excluding hydrogens is 334 g/mol. The van der Waals surface area contributed by atoms with Gasteiger partial charge in [-0.25, -0.2) is 0 Å². The van der Waals surface area contributed by atoms with Crippen molar-refractivity contribution in [2.75, 3.05) is 7.11 Å². The van der Waals surface area contributed by atoms with E-state index in [-0.39, 0.29) is 18.4 Å². The van der Waals surface area contributed by atoms with Crippen LogP contribution in [0.3, 0.4) is 0 Å². The third-order valence-corrected chi connectivity index (χ3v) is 4.05. The van der Waals surface area contributed by atoms with E-state index in [9.17, 15) is 9.59 Å². The molecule has 2 aromatic rings. The van der Waals surface area contributed by atoms with Crippen molar-refractivity contribution in [3.63, 3.8) is 0 Å². The average molecular weight is 346 g/mol. The number of hydrogen-bond donors (Lipinski definition) is 0. The Morgan fingerprint density at radius 2 is 1.67 bits per heavy atom. The van der Waals surface area contributed by atoms with Crippen molar-refractivity contribution in [1.29, 1.82) is 0 Å². The van der Waals surface area contributed by atoms with Gasteiger partial charge in [-0.2, -0.15) is 0 Å². The Morgan fingerprint density at radius 3 is 2.19 bits per heavy atom. The van der Waals surface area contributed by atoms with Crippen molar-refractivity contribution in [2.24, 2.45) is 0 Å². The Hall–Kier alpha value is -2.14. The minimum absolute atomic E-state index is 0.245. The number of benzene rings is 2. The van der Waals surface area contributed by atoms with Crippen LogP contribution in [-0.2, 0) is 6.54 Å². The second-order valence-corrected chi connectivity index (χ2v) is 5.57. The number of halogens is 1. The van der Waals surface area contributed by atoms with E-state index < -0.39 is 0 Å². The normalized spacial score (nSPS) is 13.5. The number of carbonyl (C=O) groups is 2. The second kappa shape index (κ2) is 5.33. The molecule has 1 aliphatic heterocycles. The minimum Gasteiger partial charge on any atom is -0.496 e. The van der Waals surface area contributed by atoms with Crippen LogP contribution in [0.25, 0.3) is 0 Å². The van der Waals surface area contributed by atoms with E-state index in [2.05, 4.69) is 15.9 Å². The predicted molar refractivity (Wildman–Crippen MR) is 81.3 cm³/mol. The van der Waals surface area contributed by atoms with Gasteiger partial charge in [-0.05, 0) is 45.8 Å². The second-order valence-electron chi connectivity index (χ2n) is 4.71. The molecule has 5 heteroatoms. The van der Waals surface area contributed by atoms with Gasteiger partial charge in [0.1, 0.15) is 5.75 Å². The van der Waals surface area contributed by atoms with Crippen molar-refractivity contribution in [2.45, 2.75) is 6.54 Å². The highest BCUT2D eigenvalue weighted by Gasteiger charge is 2.34. The van der Waals surface area contributed by atoms with Gasteiger partial charge in [0, 0.05) is 0 Å². The first kappa shape index (κ1) is 13.8. The molecule has 0 radical (unpaired) electrons. The van der Waals surface area contributed by atoms with Crippen LogP contribution in [0.1, 0.15) is 26.3 Å². The van der Waals surface area contributed by atoms with Crippen LogP contribution in [0, 0.1) is 0 Å². The molecule has 0 fully saturated rings. The van der Waals surface area contributed by atoms with Crippen molar-refractivity contribution in [3.05, 3.63) is 63.6 Å². The fourth-order valence-electron chi connectivity index (χ4n) is 2.37. The van der Waals surface area contributed by atoms with E-state index in [1.807, 2.05) is 12.1 Å². The number of rotatable bonds is 3. The average Bonchev–Trinajstić information content (AvgIpc) is 2.73. The number of carbonyl (C=O) groups excluding carboxylic acids is 2. The number of amides is 2. The molecule has 1 aliphatic rings. The molecule has 0 N–H and O–H groups in total. The van der Waals surface area contributed by atoms with E-state index in [1.54, 1.807) is 37.4 Å². The highest BCUT2D eigenvalue weighted by Crippen LogP contribution is 2.28. The SMILES string of the molecule is COc1ccc(CN2C(=O)c3ccccc3C2=O)cc1Br. The van der Waals surface area contributed by atoms with Crippen molar-refractivity contribution in [1.82, 2.24) is 4.90 Å². The number of ether oxygens (including phenoxy) is 1. The Bertz CT molecular complexity index is 707. The van der Waals surface area contributed by atoms with Gasteiger partial charge < -0.3 is 4.74 Å². The van der Waals surface area contributed by atoms with Gasteiger partial charge in [0.05, 0.1) is 29.3 Å². The number of nitrogens with zero attached hydrogens (tertiary/aromatic N) is 1. The summed E-state index contributed by atoms with van der Waals surface area (Å²) in [6.45, 7) is 0.245. The maximum atomic E-state index is 12.3. The van der Waals surface area contributed by atoms with E-state index in [4.69, 9.17) is 4.74 Å². The molecule has 2 amide bonds. The van der Waals surface area contributed by atoms with Crippen LogP contribution in [0.5, 0.6) is 5.75 Å². The van der Waals surface area contributed by atoms with Crippen molar-refractivity contribution in [3.8, 4) is 5.75 Å². The summed E-state index contributed by atoms with van der Waals surface area (Å²) in [5, 5.41) is 0. The summed E-state index contributed by atoms with van der Waals surface area (Å²) in [7, 11) is 1.59. The van der Waals surface area contributed by atoms with Gasteiger partial charge in [0.25, 0.3) is 11.8 Å². The van der Waals surface area contributed by atoms with Crippen LogP contribution in [0.4, 0.5) is 0 Å². The first-order valence-electron chi connectivity index (χ1n) is 6.39. The summed E-state index contributed by atoms with van der Waals surface area (Å²) in [4.78, 5) is 25.8. The first-order chi connectivity index (χ1) is 10.1. The molecule has 106 valence electrons. The lowest BCUT2D eigenvalue weighted by Gasteiger charge is -2.14. The fourth-order valence-corrected chi connectivity index (χ4v) is 2.96. The standard InChI is InChI=1S/C16H12BrNO3/c1-21-14-7-6-10(8-13(14)17)9-18-15(19)11-4-2-3-5-12(11)16(18)20/h2-8H,9H2,1H3. The zero-order valence-electron chi connectivity index (χ0n) is 11.3. The minimum atomic E-state index is -0.248. The topological polar surface area (TPSA) is 46.6 Å². The Morgan fingerprint density at radius 1 is 1.05 bits per heavy atom. The van der Waals surface area contributed by atoms with E-state index in [1.165, 1.54) is 4.90 Å². The van der Waals surface area contributed by atoms with Gasteiger partial charge in [-0.1, -0.05) is 18.2 Å². The summed E-state index contributed by atoms with van der Waals surface area (Å²) in [6, 6.07) is 12.4. The lowest BCUT2D eigenvalue weighted by molar-refractivity contribution is 0.0642. The van der Waals surface area contributed by atoms with E-state index in [0.717, 1.165) is 10.0 Å². The molecule has 0 bridgehead atoms. The van der Waals surface area contributed by atoms with Gasteiger partial charge in [0.15, 0.2) is 0 Å². The Kier molecular flexibility index (Phi) is 3.51. The third-order valence-electron chi connectivity index (χ3n) is 3.44. The van der Waals surface area contributed by atoms with Gasteiger partial charge >= 0.3 is 0 Å². The van der Waals surface area contributed by atoms with Crippen LogP contribution in [0.2, 0.25) is 0 Å². The zero-order chi connectivity index (χ0) is 15.0. The molecule has 0 unspecified atom stereocenters. The first-order valence-corrected chi connectivity index (χ1v) is 7.18. The zero-order valence-corrected chi connectivity index (χ0v) is 12.9. The number of methoxy groups -OCH3 is 1. The van der Waals surface area contributed by atoms with E-state index in [0.29, 0.717) is 16.9 Å². The lowest BCUT2D eigenvalue weighted by atomic mass is 10.1. The summed E-state index contributed by atoms with van der Waals surface area (Å²) < 4.78 is 5.96. The van der Waals surface area contributed by atoms with Crippen molar-refractivity contribution < 1.29 is 14.3 Å². The van der Waals surface area contributed by atoms with Crippen LogP contribution >= 0.6 is 15.9 Å². The molecule has 4 nitrogen and oxygen atoms in total. The maximum absolute atomic E-state index is 12.3. The lowest BCUT2D eigenvalue weighted by Crippen LogP contribution is -2.29. The van der Waals surface area contributed by atoms with Crippen LogP contribution in [0.15, 0.2) is 46.9 Å². The van der Waals surface area contributed by atoms with Gasteiger partial charge in [0.2, 0.25) is 0 Å². The third kappa shape index (κ3) is 2.34. The Labute approximate surface area is 130 Å². The summed E-state index contributed by atoms with van der Waals surface area (Å²) in [5.74, 6) is 0.214. The molecule has 0 saturated heterocycles. The highest BCUT2D eigenvalue weighted by atomic mass is 79.9. The Balaban J connectivity index is 1.88. The fraction of sp³-hybridized carbons (Fsp3) is 0.125. The van der Waals surface area contributed by atoms with Crippen LogP contribution in [-0.4, -0.2) is 23.8 Å². The number of hydrogen-bond acceptors (Lipinski definition) is 3. The molecule has 0 spiro atoms. The molecule has 2 aromatic carbocycles. The number of imide groups is 1. The molecule has 0 aromatic heterocycles. The smallest absolute Gasteiger partial charge is 0.261 e. The summed E-state index contributed by atoms with van der Waals surface area (Å²) >= 11 is 3.40. The van der Waals surface area contributed by atoms with Gasteiger partial charge in [-0.3, -0.25) is 14.5 Å². The van der Waals surface area contributed by atoms with E-state index >= 15 is 0 Å². The molecule has 1 heterocycles. The number of fused-ring (bicyclic) bond motifs is 1. The molecule has 0 aliphatic carbocycles. The molecule has 21 heavy (non-hydrogen) atoms. The monoisotopic (exact) mass is 345 g/mol. The quantitative estimate of drug-likeness (QED) is 0.802. The van der Waals surface area contributed by atoms with Crippen molar-refractivity contribution >= 4 is 27.7 Å². The predicted octanol–water partition coefficient (Wildman–Crippen LogP) is 3.25. The highest BCUT2D eigenvalue weighted by molar-refractivity contribution is 9.10. The molecule has 3 rings (SSSR count). The molecule has 0 atom stereocenters.